The number of rotatable bonds is 5. The maximum absolute atomic E-state index is 11.2. The molecule has 16 heavy (non-hydrogen) atoms. The highest BCUT2D eigenvalue weighted by Crippen LogP contribution is 2.07. The van der Waals surface area contributed by atoms with Gasteiger partial charge in [0.15, 0.2) is 0 Å². The Morgan fingerprint density at radius 3 is 2.19 bits per heavy atom. The topological polar surface area (TPSA) is 151 Å². The van der Waals surface area contributed by atoms with Crippen molar-refractivity contribution >= 4 is 5.82 Å². The molecule has 90 valence electrons. The van der Waals surface area contributed by atoms with Crippen LogP contribution in [-0.2, 0) is 0 Å². The summed E-state index contributed by atoms with van der Waals surface area (Å²) >= 11 is 0. The van der Waals surface area contributed by atoms with Crippen molar-refractivity contribution in [3.8, 4) is 0 Å². The molecule has 0 aromatic carbocycles. The molecule has 0 spiro atoms. The summed E-state index contributed by atoms with van der Waals surface area (Å²) in [7, 11) is 0. The highest BCUT2D eigenvalue weighted by atomic mass is 16.3. The predicted molar refractivity (Wildman–Crippen MR) is 53.1 cm³/mol. The minimum Gasteiger partial charge on any atom is -0.394 e. The predicted octanol–water partition coefficient (Wildman–Crippen LogP) is -3.41. The van der Waals surface area contributed by atoms with Crippen LogP contribution >= 0.6 is 0 Å². The van der Waals surface area contributed by atoms with Crippen LogP contribution in [0.25, 0.3) is 0 Å². The lowest BCUT2D eigenvalue weighted by Gasteiger charge is -2.28. The third kappa shape index (κ3) is 2.45. The molecule has 1 aromatic rings. The van der Waals surface area contributed by atoms with Gasteiger partial charge in [0.25, 0.3) is 5.56 Å². The van der Waals surface area contributed by atoms with Crippen LogP contribution in [0, 0.1) is 0 Å². The number of H-pyrrole nitrogens is 2. The zero-order valence-corrected chi connectivity index (χ0v) is 8.23. The number of nitrogens with one attached hydrogen (secondary N) is 3. The average Bonchev–Trinajstić information content (AvgIpc) is 2.29. The van der Waals surface area contributed by atoms with E-state index in [1.165, 1.54) is 0 Å². The fourth-order valence-corrected chi connectivity index (χ4v) is 0.952. The van der Waals surface area contributed by atoms with E-state index in [-0.39, 0.29) is 5.82 Å². The maximum atomic E-state index is 11.2. The maximum Gasteiger partial charge on any atom is 0.342 e. The molecule has 0 bridgehead atoms. The molecule has 0 atom stereocenters. The van der Waals surface area contributed by atoms with Gasteiger partial charge in [-0.15, -0.1) is 5.10 Å². The van der Waals surface area contributed by atoms with Crippen molar-refractivity contribution in [3.05, 3.63) is 20.8 Å². The smallest absolute Gasteiger partial charge is 0.342 e. The Bertz CT molecular complexity index is 440. The third-order valence-corrected chi connectivity index (χ3v) is 2.00. The number of aromatic amines is 2. The van der Waals surface area contributed by atoms with Gasteiger partial charge in [-0.2, -0.15) is 0 Å². The standard InChI is InChI=1S/C7H12N4O5/c12-1-7(2-13,3-14)9-4-5(15)8-6(16)11-10-4/h12-14H,1-3H2,(H,9,10)(H2,8,11,15,16). The first-order valence-corrected chi connectivity index (χ1v) is 4.36. The molecule has 1 rings (SSSR count). The number of hydrogen-bond donors (Lipinski definition) is 6. The van der Waals surface area contributed by atoms with E-state index in [0.29, 0.717) is 0 Å². The van der Waals surface area contributed by atoms with Gasteiger partial charge >= 0.3 is 5.69 Å². The van der Waals surface area contributed by atoms with Gasteiger partial charge in [0.2, 0.25) is 5.82 Å². The zero-order valence-electron chi connectivity index (χ0n) is 8.23. The third-order valence-electron chi connectivity index (χ3n) is 2.00. The average molecular weight is 232 g/mol. The van der Waals surface area contributed by atoms with E-state index in [2.05, 4.69) is 10.4 Å². The molecule has 0 amide bonds. The molecular formula is C7H12N4O5. The molecule has 0 saturated heterocycles. The van der Waals surface area contributed by atoms with Crippen LogP contribution in [0.4, 0.5) is 5.82 Å². The number of aliphatic hydroxyl groups excluding tert-OH is 3. The van der Waals surface area contributed by atoms with Crippen molar-refractivity contribution in [1.29, 1.82) is 0 Å². The highest BCUT2D eigenvalue weighted by Gasteiger charge is 2.29. The van der Waals surface area contributed by atoms with Crippen molar-refractivity contribution in [1.82, 2.24) is 15.2 Å². The second kappa shape index (κ2) is 4.88. The molecule has 1 heterocycles. The van der Waals surface area contributed by atoms with Gasteiger partial charge in [-0.25, -0.2) is 9.89 Å². The Labute approximate surface area is 88.8 Å². The molecule has 0 saturated carbocycles. The molecule has 0 fully saturated rings. The largest absolute Gasteiger partial charge is 0.394 e. The van der Waals surface area contributed by atoms with Crippen LogP contribution in [0.15, 0.2) is 9.59 Å². The van der Waals surface area contributed by atoms with Gasteiger partial charge in [-0.1, -0.05) is 0 Å². The summed E-state index contributed by atoms with van der Waals surface area (Å²) in [5.74, 6) is -0.309. The monoisotopic (exact) mass is 232 g/mol. The number of aromatic nitrogens is 3. The number of aliphatic hydroxyl groups is 3. The first-order valence-electron chi connectivity index (χ1n) is 4.36. The van der Waals surface area contributed by atoms with Gasteiger partial charge in [0.1, 0.15) is 5.54 Å². The molecular weight excluding hydrogens is 220 g/mol. The van der Waals surface area contributed by atoms with Crippen molar-refractivity contribution in [2.24, 2.45) is 0 Å². The molecule has 9 nitrogen and oxygen atoms in total. The van der Waals surface area contributed by atoms with Crippen LogP contribution in [0.3, 0.4) is 0 Å². The zero-order chi connectivity index (χ0) is 12.2. The van der Waals surface area contributed by atoms with E-state index in [9.17, 15) is 9.59 Å². The Balaban J connectivity index is 3.03. The van der Waals surface area contributed by atoms with Gasteiger partial charge in [-0.05, 0) is 0 Å². The molecule has 6 N–H and O–H groups in total. The van der Waals surface area contributed by atoms with Gasteiger partial charge in [0, 0.05) is 0 Å². The van der Waals surface area contributed by atoms with E-state index in [0.717, 1.165) is 0 Å². The highest BCUT2D eigenvalue weighted by molar-refractivity contribution is 5.33. The molecule has 1 aromatic heterocycles. The Morgan fingerprint density at radius 1 is 1.19 bits per heavy atom. The summed E-state index contributed by atoms with van der Waals surface area (Å²) in [6.07, 6.45) is 0. The van der Waals surface area contributed by atoms with Crippen LogP contribution in [-0.4, -0.2) is 55.9 Å². The van der Waals surface area contributed by atoms with Gasteiger partial charge in [0.05, 0.1) is 19.8 Å². The van der Waals surface area contributed by atoms with E-state index in [1.54, 1.807) is 0 Å². The number of nitrogens with zero attached hydrogens (tertiary/aromatic N) is 1. The van der Waals surface area contributed by atoms with Gasteiger partial charge in [-0.3, -0.25) is 9.78 Å². The molecule has 0 aliphatic heterocycles. The Kier molecular flexibility index (Phi) is 3.77. The van der Waals surface area contributed by atoms with Crippen LogP contribution in [0.5, 0.6) is 0 Å². The number of anilines is 1. The molecule has 9 heteroatoms. The summed E-state index contributed by atoms with van der Waals surface area (Å²) in [6, 6.07) is 0. The lowest BCUT2D eigenvalue weighted by atomic mass is 10.0. The first kappa shape index (κ1) is 12.4. The van der Waals surface area contributed by atoms with Crippen LogP contribution in [0.2, 0.25) is 0 Å². The summed E-state index contributed by atoms with van der Waals surface area (Å²) in [5, 5.41) is 34.7. The quantitative estimate of drug-likeness (QED) is 0.309. The summed E-state index contributed by atoms with van der Waals surface area (Å²) in [5.41, 5.74) is -3.07. The second-order valence-corrected chi connectivity index (χ2v) is 3.24. The fraction of sp³-hybridized carbons (Fsp3) is 0.571. The van der Waals surface area contributed by atoms with E-state index in [4.69, 9.17) is 15.3 Å². The molecule has 0 radical (unpaired) electrons. The van der Waals surface area contributed by atoms with Crippen molar-refractivity contribution in [2.45, 2.75) is 5.54 Å². The van der Waals surface area contributed by atoms with E-state index < -0.39 is 36.6 Å². The minimum atomic E-state index is -1.47. The van der Waals surface area contributed by atoms with Crippen molar-refractivity contribution in [3.63, 3.8) is 0 Å². The number of hydrogen-bond acceptors (Lipinski definition) is 7. The minimum absolute atomic E-state index is 0.309. The fourth-order valence-electron chi connectivity index (χ4n) is 0.952. The molecule has 0 unspecified atom stereocenters. The van der Waals surface area contributed by atoms with Crippen molar-refractivity contribution < 1.29 is 15.3 Å². The van der Waals surface area contributed by atoms with Gasteiger partial charge < -0.3 is 20.6 Å². The van der Waals surface area contributed by atoms with E-state index in [1.807, 2.05) is 10.1 Å². The SMILES string of the molecule is O=c1[nH]nc(NC(CO)(CO)CO)c(=O)[nH]1. The second-order valence-electron chi connectivity index (χ2n) is 3.24. The molecule has 0 aliphatic carbocycles. The van der Waals surface area contributed by atoms with Crippen LogP contribution < -0.4 is 16.6 Å². The van der Waals surface area contributed by atoms with E-state index >= 15 is 0 Å². The Hall–Kier alpha value is -1.71. The summed E-state index contributed by atoms with van der Waals surface area (Å²) < 4.78 is 0. The summed E-state index contributed by atoms with van der Waals surface area (Å²) in [4.78, 5) is 23.8. The first-order chi connectivity index (χ1) is 7.56. The van der Waals surface area contributed by atoms with Crippen molar-refractivity contribution in [2.75, 3.05) is 25.1 Å². The summed E-state index contributed by atoms with van der Waals surface area (Å²) in [6.45, 7) is -1.83. The normalized spacial score (nSPS) is 11.4. The van der Waals surface area contributed by atoms with Crippen LogP contribution in [0.1, 0.15) is 0 Å². The Morgan fingerprint density at radius 2 is 1.75 bits per heavy atom. The molecule has 0 aliphatic rings. The lowest BCUT2D eigenvalue weighted by molar-refractivity contribution is 0.0829. The lowest BCUT2D eigenvalue weighted by Crippen LogP contribution is -2.51.